The molecule has 0 bridgehead atoms. The van der Waals surface area contributed by atoms with E-state index in [0.29, 0.717) is 22.7 Å². The van der Waals surface area contributed by atoms with Gasteiger partial charge in [0.2, 0.25) is 0 Å². The third-order valence-electron chi connectivity index (χ3n) is 8.01. The zero-order chi connectivity index (χ0) is 34.3. The van der Waals surface area contributed by atoms with Crippen molar-refractivity contribution in [2.75, 3.05) is 23.8 Å². The van der Waals surface area contributed by atoms with Crippen molar-refractivity contribution in [1.82, 2.24) is 10.6 Å². The zero-order valence-corrected chi connectivity index (χ0v) is 29.6. The number of aliphatic hydroxyl groups is 1. The average Bonchev–Trinajstić information content (AvgIpc) is 3.05. The summed E-state index contributed by atoms with van der Waals surface area (Å²) in [5.41, 5.74) is 3.25. The number of benzene rings is 3. The van der Waals surface area contributed by atoms with Crippen molar-refractivity contribution in [3.63, 3.8) is 0 Å². The summed E-state index contributed by atoms with van der Waals surface area (Å²) < 4.78 is 42.4. The molecule has 254 valence electrons. The molecule has 4 rings (SSSR count). The van der Waals surface area contributed by atoms with E-state index in [1.165, 1.54) is 29.5 Å². The van der Waals surface area contributed by atoms with Gasteiger partial charge in [0.1, 0.15) is 22.6 Å². The molecule has 0 aliphatic heterocycles. The number of hydrogen-bond acceptors (Lipinski definition) is 5. The van der Waals surface area contributed by atoms with Gasteiger partial charge in [-0.3, -0.25) is 4.79 Å². The molecule has 1 aliphatic rings. The second kappa shape index (κ2) is 19.8. The van der Waals surface area contributed by atoms with Crippen LogP contribution in [-0.2, 0) is 22.9 Å². The third-order valence-corrected chi connectivity index (χ3v) is 8.53. The maximum atomic E-state index is 14.0. The predicted octanol–water partition coefficient (Wildman–Crippen LogP) is 7.52. The molecule has 46 heavy (non-hydrogen) atoms. The van der Waals surface area contributed by atoms with E-state index >= 15 is 0 Å². The number of rotatable bonds is 12. The highest BCUT2D eigenvalue weighted by atomic mass is 32.2. The Morgan fingerprint density at radius 1 is 0.957 bits per heavy atom. The largest absolute Gasteiger partial charge is 0.390 e. The molecule has 3 atom stereocenters. The summed E-state index contributed by atoms with van der Waals surface area (Å²) in [5.74, 6) is -1.52. The first-order valence-corrected chi connectivity index (χ1v) is 18.4. The van der Waals surface area contributed by atoms with E-state index in [2.05, 4.69) is 66.1 Å². The van der Waals surface area contributed by atoms with Gasteiger partial charge in [0, 0.05) is 35.7 Å². The topological polar surface area (TPSA) is 90.5 Å². The summed E-state index contributed by atoms with van der Waals surface area (Å²) in [5, 5.41) is 18.0. The van der Waals surface area contributed by atoms with E-state index in [1.807, 2.05) is 13.8 Å². The van der Waals surface area contributed by atoms with Gasteiger partial charge >= 0.3 is 0 Å². The number of aliphatic hydroxyl groups excluding tert-OH is 1. The number of amides is 1. The summed E-state index contributed by atoms with van der Waals surface area (Å²) in [4.78, 5) is 13.3. The first-order chi connectivity index (χ1) is 22.0. The minimum absolute atomic E-state index is 0.0238. The number of halogens is 2. The summed E-state index contributed by atoms with van der Waals surface area (Å²) in [7, 11) is -1.32. The number of hydrogen-bond donors (Lipinski definition) is 5. The maximum Gasteiger partial charge on any atom is 0.251 e. The average molecular weight is 676 g/mol. The van der Waals surface area contributed by atoms with Crippen LogP contribution < -0.4 is 15.4 Å². The fraction of sp³-hybridized carbons (Fsp3) is 0.472. The van der Waals surface area contributed by atoms with Gasteiger partial charge in [-0.25, -0.2) is 13.0 Å². The molecular weight excluding hydrogens is 625 g/mol. The van der Waals surface area contributed by atoms with Crippen molar-refractivity contribution in [3.8, 4) is 0 Å². The van der Waals surface area contributed by atoms with Crippen LogP contribution >= 0.6 is 12.6 Å². The van der Waals surface area contributed by atoms with Crippen molar-refractivity contribution in [2.24, 2.45) is 0 Å². The molecule has 1 fully saturated rings. The molecule has 0 radical (unpaired) electrons. The summed E-state index contributed by atoms with van der Waals surface area (Å²) in [6.45, 7) is 8.50. The Kier molecular flexibility index (Phi) is 16.9. The SMILES string of the molecule is CC.CC(C)c1cccc(C2(NC[C@@H](O)[C@H](Cc3cc(F)cc(F)c3)NC(=O)c3cccc(NS(C)=O)c3)CCCCC2)c1.CS. The Labute approximate surface area is 282 Å². The molecule has 1 amide bonds. The van der Waals surface area contributed by atoms with Gasteiger partial charge in [0.05, 0.1) is 12.1 Å². The predicted molar refractivity (Wildman–Crippen MR) is 191 cm³/mol. The second-order valence-corrected chi connectivity index (χ2v) is 12.7. The molecular formula is C36H51F2N3O3S2. The lowest BCUT2D eigenvalue weighted by Crippen LogP contribution is -2.53. The number of anilines is 1. The van der Waals surface area contributed by atoms with Crippen LogP contribution in [0.1, 0.15) is 92.8 Å². The van der Waals surface area contributed by atoms with Crippen LogP contribution in [0, 0.1) is 11.6 Å². The molecule has 1 saturated carbocycles. The lowest BCUT2D eigenvalue weighted by atomic mass is 9.75. The van der Waals surface area contributed by atoms with Crippen LogP contribution in [0.3, 0.4) is 0 Å². The highest BCUT2D eigenvalue weighted by Crippen LogP contribution is 2.38. The Morgan fingerprint density at radius 3 is 2.20 bits per heavy atom. The maximum absolute atomic E-state index is 14.0. The lowest BCUT2D eigenvalue weighted by molar-refractivity contribution is 0.0788. The summed E-state index contributed by atoms with van der Waals surface area (Å²) in [6, 6.07) is 17.5. The summed E-state index contributed by atoms with van der Waals surface area (Å²) in [6.07, 6.45) is 7.27. The van der Waals surface area contributed by atoms with Gasteiger partial charge in [0.15, 0.2) is 0 Å². The van der Waals surface area contributed by atoms with Gasteiger partial charge < -0.3 is 20.5 Å². The van der Waals surface area contributed by atoms with Crippen molar-refractivity contribution >= 4 is 35.2 Å². The van der Waals surface area contributed by atoms with E-state index in [0.717, 1.165) is 38.2 Å². The fourth-order valence-corrected chi connectivity index (χ4v) is 6.23. The fourth-order valence-electron chi connectivity index (χ4n) is 5.77. The number of carbonyl (C=O) groups excluding carboxylic acids is 1. The van der Waals surface area contributed by atoms with Crippen LogP contribution in [0.25, 0.3) is 0 Å². The van der Waals surface area contributed by atoms with Gasteiger partial charge in [-0.2, -0.15) is 12.6 Å². The number of thiol groups is 1. The Balaban J connectivity index is 0.00000177. The van der Waals surface area contributed by atoms with Crippen molar-refractivity contribution in [2.45, 2.75) is 89.8 Å². The van der Waals surface area contributed by atoms with Gasteiger partial charge in [-0.1, -0.05) is 77.3 Å². The highest BCUT2D eigenvalue weighted by Gasteiger charge is 2.35. The molecule has 1 unspecified atom stereocenters. The van der Waals surface area contributed by atoms with E-state index < -0.39 is 40.7 Å². The lowest BCUT2D eigenvalue weighted by Gasteiger charge is -2.40. The first kappa shape index (κ1) is 39.4. The summed E-state index contributed by atoms with van der Waals surface area (Å²) >= 11 is 3.53. The molecule has 3 aromatic carbocycles. The smallest absolute Gasteiger partial charge is 0.251 e. The van der Waals surface area contributed by atoms with Crippen LogP contribution in [0.4, 0.5) is 14.5 Å². The Morgan fingerprint density at radius 2 is 1.59 bits per heavy atom. The van der Waals surface area contributed by atoms with E-state index in [9.17, 15) is 22.9 Å². The first-order valence-electron chi connectivity index (χ1n) is 16.0. The molecule has 4 N–H and O–H groups in total. The molecule has 0 aromatic heterocycles. The molecule has 3 aromatic rings. The molecule has 0 saturated heterocycles. The number of carbonyl (C=O) groups is 1. The van der Waals surface area contributed by atoms with Crippen molar-refractivity contribution < 1.29 is 22.9 Å². The molecule has 0 heterocycles. The van der Waals surface area contributed by atoms with E-state index in [1.54, 1.807) is 30.5 Å². The van der Waals surface area contributed by atoms with Crippen LogP contribution in [0.15, 0.2) is 66.7 Å². The van der Waals surface area contributed by atoms with Crippen LogP contribution in [0.2, 0.25) is 0 Å². The Hall–Kier alpha value is -2.79. The number of nitrogens with one attached hydrogen (secondary N) is 3. The molecule has 10 heteroatoms. The van der Waals surface area contributed by atoms with Crippen LogP contribution in [-0.4, -0.2) is 46.4 Å². The third kappa shape index (κ3) is 11.8. The minimum atomic E-state index is -1.32. The molecule has 1 aliphatic carbocycles. The van der Waals surface area contributed by atoms with Crippen molar-refractivity contribution in [3.05, 3.63) is 101 Å². The monoisotopic (exact) mass is 675 g/mol. The van der Waals surface area contributed by atoms with E-state index in [4.69, 9.17) is 0 Å². The van der Waals surface area contributed by atoms with Gasteiger partial charge in [-0.05, 0) is 78.5 Å². The van der Waals surface area contributed by atoms with Crippen molar-refractivity contribution in [1.29, 1.82) is 0 Å². The molecule has 6 nitrogen and oxygen atoms in total. The minimum Gasteiger partial charge on any atom is -0.390 e. The standard InChI is InChI=1S/C33H41F2N3O3S.C2H6.CH4S/c1-22(2)24-9-7-11-26(18-24)33(13-5-4-6-14-33)36-21-31(39)30(17-23-15-27(34)20-28(35)16-23)37-32(40)25-10-8-12-29(19-25)38-42(3)41;2*1-2/h7-12,15-16,18-20,22,30-31,36,38-39H,4-6,13-14,17,21H2,1-3H3,(H,37,40);1-2H3;2H,1H3/t30-,31+,42?;;/m0../s1. The van der Waals surface area contributed by atoms with Crippen LogP contribution in [0.5, 0.6) is 0 Å². The molecule has 0 spiro atoms. The zero-order valence-electron chi connectivity index (χ0n) is 27.9. The quantitative estimate of drug-likeness (QED) is 0.129. The van der Waals surface area contributed by atoms with Gasteiger partial charge in [0.25, 0.3) is 5.91 Å². The normalized spacial score (nSPS) is 15.7. The Bertz CT molecular complexity index is 1380. The van der Waals surface area contributed by atoms with E-state index in [-0.39, 0.29) is 18.5 Å². The second-order valence-electron chi connectivity index (χ2n) is 11.6. The highest BCUT2D eigenvalue weighted by molar-refractivity contribution is 7.85. The van der Waals surface area contributed by atoms with Gasteiger partial charge in [-0.15, -0.1) is 0 Å².